The number of hydrazine groups is 1. The minimum absolute atomic E-state index is 0.0142. The molecule has 0 aromatic heterocycles. The van der Waals surface area contributed by atoms with Crippen molar-refractivity contribution in [2.45, 2.75) is 25.4 Å². The number of hydrogen-bond acceptors (Lipinski definition) is 5. The summed E-state index contributed by atoms with van der Waals surface area (Å²) in [6, 6.07) is -0.562. The van der Waals surface area contributed by atoms with Crippen LogP contribution >= 0.6 is 0 Å². The maximum atomic E-state index is 12.2. The van der Waals surface area contributed by atoms with E-state index in [1.807, 2.05) is 4.90 Å². The Morgan fingerprint density at radius 2 is 2.17 bits per heavy atom. The molecule has 0 saturated carbocycles. The van der Waals surface area contributed by atoms with Crippen LogP contribution in [0.4, 0.5) is 0 Å². The van der Waals surface area contributed by atoms with Crippen molar-refractivity contribution in [3.05, 3.63) is 0 Å². The molecular formula is C11H22N4O3. The summed E-state index contributed by atoms with van der Waals surface area (Å²) in [6.45, 7) is 5.00. The van der Waals surface area contributed by atoms with Gasteiger partial charge in [-0.25, -0.2) is 5.84 Å². The van der Waals surface area contributed by atoms with Crippen molar-refractivity contribution in [1.29, 1.82) is 0 Å². The Kier molecular flexibility index (Phi) is 4.66. The number of nitrogens with zero attached hydrogens (tertiary/aromatic N) is 2. The van der Waals surface area contributed by atoms with Gasteiger partial charge in [-0.3, -0.25) is 19.9 Å². The maximum absolute atomic E-state index is 12.2. The predicted molar refractivity (Wildman–Crippen MR) is 66.4 cm³/mol. The monoisotopic (exact) mass is 258 g/mol. The fourth-order valence-electron chi connectivity index (χ4n) is 2.34. The first-order valence-corrected chi connectivity index (χ1v) is 5.88. The molecule has 1 heterocycles. The van der Waals surface area contributed by atoms with Crippen LogP contribution in [-0.4, -0.2) is 67.0 Å². The van der Waals surface area contributed by atoms with Gasteiger partial charge in [0.1, 0.15) is 6.04 Å². The average molecular weight is 258 g/mol. The van der Waals surface area contributed by atoms with E-state index >= 15 is 0 Å². The summed E-state index contributed by atoms with van der Waals surface area (Å²) in [5.41, 5.74) is 1.38. The van der Waals surface area contributed by atoms with Crippen LogP contribution in [0, 0.1) is 0 Å². The predicted octanol–water partition coefficient (Wildman–Crippen LogP) is -1.46. The Hall–Kier alpha value is -1.18. The summed E-state index contributed by atoms with van der Waals surface area (Å²) in [6.07, 6.45) is 0. The Morgan fingerprint density at radius 3 is 2.67 bits per heavy atom. The first-order valence-electron chi connectivity index (χ1n) is 5.88. The van der Waals surface area contributed by atoms with E-state index in [9.17, 15) is 9.59 Å². The molecule has 104 valence electrons. The summed E-state index contributed by atoms with van der Waals surface area (Å²) < 4.78 is 5.05. The molecule has 1 unspecified atom stereocenters. The molecule has 1 atom stereocenters. The van der Waals surface area contributed by atoms with Gasteiger partial charge in [-0.1, -0.05) is 0 Å². The number of nitrogens with one attached hydrogen (secondary N) is 1. The van der Waals surface area contributed by atoms with Crippen molar-refractivity contribution in [2.75, 3.05) is 33.9 Å². The average Bonchev–Trinajstić information content (AvgIpc) is 2.33. The first kappa shape index (κ1) is 14.9. The number of hydrogen-bond donors (Lipinski definition) is 2. The Labute approximate surface area is 107 Å². The van der Waals surface area contributed by atoms with E-state index in [-0.39, 0.29) is 18.4 Å². The fraction of sp³-hybridized carbons (Fsp3) is 0.818. The molecule has 0 aromatic rings. The summed E-state index contributed by atoms with van der Waals surface area (Å²) in [7, 11) is 3.28. The molecule has 0 radical (unpaired) electrons. The number of methoxy groups -OCH3 is 1. The molecule has 0 aliphatic carbocycles. The number of carbonyl (C=O) groups excluding carboxylic acids is 2. The highest BCUT2D eigenvalue weighted by Gasteiger charge is 2.45. The van der Waals surface area contributed by atoms with Crippen LogP contribution in [0.25, 0.3) is 0 Å². The van der Waals surface area contributed by atoms with Crippen molar-refractivity contribution in [3.63, 3.8) is 0 Å². The van der Waals surface area contributed by atoms with E-state index in [2.05, 4.69) is 5.43 Å². The second-order valence-electron chi connectivity index (χ2n) is 4.96. The summed E-state index contributed by atoms with van der Waals surface area (Å²) >= 11 is 0. The van der Waals surface area contributed by atoms with E-state index in [0.717, 1.165) is 0 Å². The largest absolute Gasteiger partial charge is 0.383 e. The van der Waals surface area contributed by atoms with Crippen molar-refractivity contribution >= 4 is 11.8 Å². The van der Waals surface area contributed by atoms with Gasteiger partial charge in [0.25, 0.3) is 5.91 Å². The Balaban J connectivity index is 2.97. The van der Waals surface area contributed by atoms with Crippen LogP contribution in [0.15, 0.2) is 0 Å². The van der Waals surface area contributed by atoms with E-state index in [1.165, 1.54) is 7.11 Å². The highest BCUT2D eigenvalue weighted by Crippen LogP contribution is 2.24. The van der Waals surface area contributed by atoms with Gasteiger partial charge >= 0.3 is 0 Å². The third-order valence-corrected chi connectivity index (χ3v) is 3.41. The molecule has 7 nitrogen and oxygen atoms in total. The molecule has 1 rings (SSSR count). The number of carbonyl (C=O) groups is 2. The summed E-state index contributed by atoms with van der Waals surface area (Å²) in [4.78, 5) is 27.5. The lowest BCUT2D eigenvalue weighted by atomic mass is 9.95. The van der Waals surface area contributed by atoms with E-state index in [1.54, 1.807) is 25.8 Å². The molecule has 1 fully saturated rings. The fourth-order valence-corrected chi connectivity index (χ4v) is 2.34. The second-order valence-corrected chi connectivity index (χ2v) is 4.96. The highest BCUT2D eigenvalue weighted by molar-refractivity contribution is 5.88. The van der Waals surface area contributed by atoms with Gasteiger partial charge in [0.05, 0.1) is 12.1 Å². The first-order chi connectivity index (χ1) is 8.36. The lowest BCUT2D eigenvalue weighted by Gasteiger charge is -2.47. The van der Waals surface area contributed by atoms with Gasteiger partial charge < -0.3 is 9.64 Å². The molecule has 2 amide bonds. The Morgan fingerprint density at radius 1 is 1.56 bits per heavy atom. The zero-order chi connectivity index (χ0) is 13.9. The normalized spacial score (nSPS) is 21.8. The number of nitrogens with two attached hydrogens (primary N) is 1. The van der Waals surface area contributed by atoms with E-state index < -0.39 is 11.6 Å². The van der Waals surface area contributed by atoms with Crippen LogP contribution in [0.3, 0.4) is 0 Å². The number of piperazine rings is 1. The Bertz CT molecular complexity index is 332. The third kappa shape index (κ3) is 2.63. The molecule has 18 heavy (non-hydrogen) atoms. The highest BCUT2D eigenvalue weighted by atomic mass is 16.5. The van der Waals surface area contributed by atoms with Crippen molar-refractivity contribution in [3.8, 4) is 0 Å². The second kappa shape index (κ2) is 5.64. The van der Waals surface area contributed by atoms with Crippen molar-refractivity contribution < 1.29 is 14.3 Å². The number of likely N-dealkylation sites (N-methyl/N-ethyl adjacent to an activating group) is 1. The molecule has 1 saturated heterocycles. The van der Waals surface area contributed by atoms with Gasteiger partial charge in [-0.15, -0.1) is 0 Å². The number of ether oxygens (including phenoxy) is 1. The molecule has 0 aromatic carbocycles. The van der Waals surface area contributed by atoms with Gasteiger partial charge in [0.2, 0.25) is 5.91 Å². The van der Waals surface area contributed by atoms with Crippen molar-refractivity contribution in [2.24, 2.45) is 5.84 Å². The zero-order valence-electron chi connectivity index (χ0n) is 11.4. The number of rotatable bonds is 4. The van der Waals surface area contributed by atoms with Crippen molar-refractivity contribution in [1.82, 2.24) is 15.2 Å². The minimum Gasteiger partial charge on any atom is -0.383 e. The van der Waals surface area contributed by atoms with Gasteiger partial charge in [-0.2, -0.15) is 0 Å². The molecule has 7 heteroatoms. The van der Waals surface area contributed by atoms with E-state index in [0.29, 0.717) is 13.1 Å². The summed E-state index contributed by atoms with van der Waals surface area (Å²) in [5, 5.41) is 0. The molecule has 0 bridgehead atoms. The van der Waals surface area contributed by atoms with Crippen LogP contribution in [-0.2, 0) is 14.3 Å². The van der Waals surface area contributed by atoms with E-state index in [4.69, 9.17) is 10.6 Å². The lowest BCUT2D eigenvalue weighted by molar-refractivity contribution is -0.154. The smallest absolute Gasteiger partial charge is 0.253 e. The van der Waals surface area contributed by atoms with Gasteiger partial charge in [0, 0.05) is 27.2 Å². The quantitative estimate of drug-likeness (QED) is 0.366. The SMILES string of the molecule is COCC(C(=O)NN)N1CCN(C)C(=O)C1(C)C. The third-order valence-electron chi connectivity index (χ3n) is 3.41. The number of amides is 2. The van der Waals surface area contributed by atoms with Gasteiger partial charge in [-0.05, 0) is 13.8 Å². The topological polar surface area (TPSA) is 87.9 Å². The summed E-state index contributed by atoms with van der Waals surface area (Å²) in [5.74, 6) is 4.82. The molecular weight excluding hydrogens is 236 g/mol. The molecule has 0 spiro atoms. The molecule has 1 aliphatic heterocycles. The zero-order valence-corrected chi connectivity index (χ0v) is 11.4. The molecule has 1 aliphatic rings. The van der Waals surface area contributed by atoms with Crippen LogP contribution < -0.4 is 11.3 Å². The van der Waals surface area contributed by atoms with Gasteiger partial charge in [0.15, 0.2) is 0 Å². The molecule has 3 N–H and O–H groups in total. The standard InChI is InChI=1S/C11H22N4O3/c1-11(2)10(17)14(3)5-6-15(11)8(7-18-4)9(16)13-12/h8H,5-7,12H2,1-4H3,(H,13,16). The van der Waals surface area contributed by atoms with Crippen LogP contribution in [0.1, 0.15) is 13.8 Å². The maximum Gasteiger partial charge on any atom is 0.253 e. The lowest BCUT2D eigenvalue weighted by Crippen LogP contribution is -2.68. The van der Waals surface area contributed by atoms with Crippen LogP contribution in [0.2, 0.25) is 0 Å². The van der Waals surface area contributed by atoms with Crippen LogP contribution in [0.5, 0.6) is 0 Å². The minimum atomic E-state index is -0.747.